The van der Waals surface area contributed by atoms with Crippen LogP contribution in [0, 0.1) is 19.7 Å². The largest absolute Gasteiger partial charge is 0.465 e. The number of methoxy groups -OCH3 is 1. The number of anilines is 1. The van der Waals surface area contributed by atoms with Crippen LogP contribution in [-0.4, -0.2) is 13.1 Å². The first-order chi connectivity index (χ1) is 9.51. The van der Waals surface area contributed by atoms with Crippen LogP contribution in [0.3, 0.4) is 0 Å². The molecule has 0 saturated heterocycles. The summed E-state index contributed by atoms with van der Waals surface area (Å²) >= 11 is 1.71. The zero-order chi connectivity index (χ0) is 14.7. The molecule has 0 aliphatic rings. The maximum atomic E-state index is 13.7. The number of aryl methyl sites for hydroxylation is 2. The number of hydrogen-bond donors (Lipinski definition) is 1. The molecule has 5 heteroatoms. The van der Waals surface area contributed by atoms with Crippen LogP contribution in [0.2, 0.25) is 0 Å². The number of benzene rings is 1. The smallest absolute Gasteiger partial charge is 0.337 e. The Bertz CT molecular complexity index is 637. The molecule has 106 valence electrons. The summed E-state index contributed by atoms with van der Waals surface area (Å²) in [5, 5.41) is 3.03. The molecule has 0 aliphatic heterocycles. The Labute approximate surface area is 121 Å². The molecule has 0 spiro atoms. The Balaban J connectivity index is 2.16. The molecule has 3 nitrogen and oxygen atoms in total. The SMILES string of the molecule is COC(=O)c1ccc(F)c(NCc2cc(C)sc2C)c1. The third kappa shape index (κ3) is 3.17. The molecule has 0 fully saturated rings. The number of esters is 1. The van der Waals surface area contributed by atoms with Gasteiger partial charge in [0.1, 0.15) is 5.82 Å². The lowest BCUT2D eigenvalue weighted by molar-refractivity contribution is 0.0600. The zero-order valence-electron chi connectivity index (χ0n) is 11.6. The van der Waals surface area contributed by atoms with Gasteiger partial charge in [-0.25, -0.2) is 9.18 Å². The number of carbonyl (C=O) groups excluding carboxylic acids is 1. The maximum Gasteiger partial charge on any atom is 0.337 e. The molecule has 0 saturated carbocycles. The number of rotatable bonds is 4. The Morgan fingerprint density at radius 2 is 2.10 bits per heavy atom. The van der Waals surface area contributed by atoms with E-state index in [0.29, 0.717) is 17.8 Å². The van der Waals surface area contributed by atoms with Crippen molar-refractivity contribution < 1.29 is 13.9 Å². The van der Waals surface area contributed by atoms with Crippen molar-refractivity contribution in [3.8, 4) is 0 Å². The molecule has 0 unspecified atom stereocenters. The van der Waals surface area contributed by atoms with Gasteiger partial charge in [-0.15, -0.1) is 11.3 Å². The van der Waals surface area contributed by atoms with Gasteiger partial charge in [0.25, 0.3) is 0 Å². The number of hydrogen-bond acceptors (Lipinski definition) is 4. The van der Waals surface area contributed by atoms with Crippen molar-refractivity contribution in [1.82, 2.24) is 0 Å². The number of halogens is 1. The van der Waals surface area contributed by atoms with Gasteiger partial charge in [0.15, 0.2) is 0 Å². The van der Waals surface area contributed by atoms with Gasteiger partial charge in [0.2, 0.25) is 0 Å². The van der Waals surface area contributed by atoms with Gasteiger partial charge >= 0.3 is 5.97 Å². The van der Waals surface area contributed by atoms with E-state index in [9.17, 15) is 9.18 Å². The fourth-order valence-electron chi connectivity index (χ4n) is 1.96. The minimum Gasteiger partial charge on any atom is -0.465 e. The number of nitrogens with one attached hydrogen (secondary N) is 1. The van der Waals surface area contributed by atoms with Crippen LogP contribution in [0.5, 0.6) is 0 Å². The molecule has 20 heavy (non-hydrogen) atoms. The fourth-order valence-corrected chi connectivity index (χ4v) is 2.90. The summed E-state index contributed by atoms with van der Waals surface area (Å²) in [6, 6.07) is 6.22. The predicted octanol–water partition coefficient (Wildman–Crippen LogP) is 3.90. The third-order valence-corrected chi connectivity index (χ3v) is 4.01. The van der Waals surface area contributed by atoms with E-state index in [4.69, 9.17) is 0 Å². The van der Waals surface area contributed by atoms with Crippen LogP contribution >= 0.6 is 11.3 Å². The van der Waals surface area contributed by atoms with E-state index in [1.807, 2.05) is 13.8 Å². The van der Waals surface area contributed by atoms with Gasteiger partial charge in [-0.3, -0.25) is 0 Å². The van der Waals surface area contributed by atoms with Crippen LogP contribution in [0.1, 0.15) is 25.7 Å². The minimum atomic E-state index is -0.476. The Kier molecular flexibility index (Phi) is 4.39. The van der Waals surface area contributed by atoms with Gasteiger partial charge in [0, 0.05) is 16.3 Å². The van der Waals surface area contributed by atoms with E-state index >= 15 is 0 Å². The van der Waals surface area contributed by atoms with E-state index in [0.717, 1.165) is 5.56 Å². The van der Waals surface area contributed by atoms with Crippen LogP contribution in [-0.2, 0) is 11.3 Å². The molecule has 0 radical (unpaired) electrons. The molecule has 1 aromatic heterocycles. The summed E-state index contributed by atoms with van der Waals surface area (Å²) in [7, 11) is 1.30. The summed E-state index contributed by atoms with van der Waals surface area (Å²) < 4.78 is 18.4. The molecule has 1 heterocycles. The van der Waals surface area contributed by atoms with Crippen molar-refractivity contribution >= 4 is 23.0 Å². The average Bonchev–Trinajstić information content (AvgIpc) is 2.75. The highest BCUT2D eigenvalue weighted by Gasteiger charge is 2.10. The van der Waals surface area contributed by atoms with Crippen molar-refractivity contribution in [1.29, 1.82) is 0 Å². The fraction of sp³-hybridized carbons (Fsp3) is 0.267. The van der Waals surface area contributed by atoms with Crippen molar-refractivity contribution in [2.45, 2.75) is 20.4 Å². The number of carbonyl (C=O) groups is 1. The topological polar surface area (TPSA) is 38.3 Å². The van der Waals surface area contributed by atoms with Crippen molar-refractivity contribution in [2.75, 3.05) is 12.4 Å². The normalized spacial score (nSPS) is 10.4. The second-order valence-corrected chi connectivity index (χ2v) is 5.94. The molecule has 2 rings (SSSR count). The van der Waals surface area contributed by atoms with Crippen LogP contribution in [0.4, 0.5) is 10.1 Å². The maximum absolute atomic E-state index is 13.7. The standard InChI is InChI=1S/C15H16FNO2S/c1-9-6-12(10(2)20-9)8-17-14-7-11(15(18)19-3)4-5-13(14)16/h4-7,17H,8H2,1-3H3. The summed E-state index contributed by atoms with van der Waals surface area (Å²) in [6.07, 6.45) is 0. The van der Waals surface area contributed by atoms with E-state index in [1.54, 1.807) is 11.3 Å². The van der Waals surface area contributed by atoms with E-state index in [2.05, 4.69) is 16.1 Å². The van der Waals surface area contributed by atoms with Gasteiger partial charge in [-0.2, -0.15) is 0 Å². The second-order valence-electron chi connectivity index (χ2n) is 4.48. The lowest BCUT2D eigenvalue weighted by Gasteiger charge is -2.09. The number of thiophene rings is 1. The first kappa shape index (κ1) is 14.5. The van der Waals surface area contributed by atoms with Gasteiger partial charge in [-0.1, -0.05) is 0 Å². The molecule has 2 aromatic rings. The first-order valence-electron chi connectivity index (χ1n) is 6.19. The van der Waals surface area contributed by atoms with Gasteiger partial charge in [-0.05, 0) is 43.7 Å². The minimum absolute atomic E-state index is 0.302. The molecular formula is C15H16FNO2S. The third-order valence-electron chi connectivity index (χ3n) is 3.00. The molecule has 1 aromatic carbocycles. The molecular weight excluding hydrogens is 277 g/mol. The quantitative estimate of drug-likeness (QED) is 0.869. The Morgan fingerprint density at radius 3 is 2.70 bits per heavy atom. The van der Waals surface area contributed by atoms with E-state index < -0.39 is 5.97 Å². The summed E-state index contributed by atoms with van der Waals surface area (Å²) in [5.41, 5.74) is 1.76. The average molecular weight is 293 g/mol. The monoisotopic (exact) mass is 293 g/mol. The van der Waals surface area contributed by atoms with E-state index in [1.165, 1.54) is 35.1 Å². The van der Waals surface area contributed by atoms with E-state index in [-0.39, 0.29) is 5.82 Å². The highest BCUT2D eigenvalue weighted by atomic mass is 32.1. The molecule has 0 aliphatic carbocycles. The molecule has 0 atom stereocenters. The highest BCUT2D eigenvalue weighted by Crippen LogP contribution is 2.23. The highest BCUT2D eigenvalue weighted by molar-refractivity contribution is 7.12. The molecule has 0 bridgehead atoms. The van der Waals surface area contributed by atoms with Crippen LogP contribution in [0.15, 0.2) is 24.3 Å². The summed E-state index contributed by atoms with van der Waals surface area (Å²) in [6.45, 7) is 4.60. The van der Waals surface area contributed by atoms with Crippen molar-refractivity contribution in [3.63, 3.8) is 0 Å². The Morgan fingerprint density at radius 1 is 1.35 bits per heavy atom. The van der Waals surface area contributed by atoms with Gasteiger partial charge in [0.05, 0.1) is 18.4 Å². The van der Waals surface area contributed by atoms with Crippen LogP contribution in [0.25, 0.3) is 0 Å². The zero-order valence-corrected chi connectivity index (χ0v) is 12.4. The second kappa shape index (κ2) is 6.05. The van der Waals surface area contributed by atoms with Crippen LogP contribution < -0.4 is 5.32 Å². The molecule has 1 N–H and O–H groups in total. The predicted molar refractivity (Wildman–Crippen MR) is 78.9 cm³/mol. The van der Waals surface area contributed by atoms with Crippen molar-refractivity contribution in [2.24, 2.45) is 0 Å². The first-order valence-corrected chi connectivity index (χ1v) is 7.00. The Hall–Kier alpha value is -1.88. The van der Waals surface area contributed by atoms with Crippen molar-refractivity contribution in [3.05, 3.63) is 51.0 Å². The lowest BCUT2D eigenvalue weighted by Crippen LogP contribution is -2.05. The number of ether oxygens (including phenoxy) is 1. The lowest BCUT2D eigenvalue weighted by atomic mass is 10.2. The summed E-state index contributed by atoms with van der Waals surface area (Å²) in [5.74, 6) is -0.863. The summed E-state index contributed by atoms with van der Waals surface area (Å²) in [4.78, 5) is 13.9. The van der Waals surface area contributed by atoms with Gasteiger partial charge < -0.3 is 10.1 Å². The molecule has 0 amide bonds.